The van der Waals surface area contributed by atoms with Crippen LogP contribution in [0.3, 0.4) is 0 Å². The van der Waals surface area contributed by atoms with E-state index in [2.05, 4.69) is 40.7 Å². The number of hydrogen-bond donors (Lipinski definition) is 5. The summed E-state index contributed by atoms with van der Waals surface area (Å²) in [6, 6.07) is 4.29. The molecule has 0 aromatic heterocycles. The number of esters is 1. The van der Waals surface area contributed by atoms with Crippen LogP contribution in [-0.2, 0) is 9.53 Å². The molecule has 4 fully saturated rings. The number of hydrogen-bond acceptors (Lipinski definition) is 7. The molecule has 1 spiro atoms. The molecule has 1 aromatic carbocycles. The van der Waals surface area contributed by atoms with Gasteiger partial charge in [0.2, 0.25) is 0 Å². The summed E-state index contributed by atoms with van der Waals surface area (Å²) in [7, 11) is 0. The van der Waals surface area contributed by atoms with Crippen LogP contribution in [0.25, 0.3) is 6.08 Å². The molecule has 5 aliphatic carbocycles. The van der Waals surface area contributed by atoms with E-state index in [9.17, 15) is 30.3 Å². The second kappa shape index (κ2) is 10.6. The van der Waals surface area contributed by atoms with Crippen LogP contribution >= 0.6 is 0 Å². The maximum absolute atomic E-state index is 12.8. The van der Waals surface area contributed by atoms with E-state index in [4.69, 9.17) is 4.74 Å². The van der Waals surface area contributed by atoms with Gasteiger partial charge in [0.05, 0.1) is 24.9 Å². The standard InChI is InChI=1S/C38H54O7/c1-33(2)15-17-38(21-33)18-16-36(5)24(31(38)43)9-11-29-34(3)20-27(41)32(44)35(4,28(34)13-14-37(29,36)6)22-45-30(42)12-8-23-7-10-25(39)26(40)19-23/h7-10,12,19,27-29,31-32,39-41,43-44H,11,13-18,20-22H2,1-6H3/b12-8+/t27-,28-,29-,31-,32+,34+,35+,36-,37-,38-/m1/s1. The van der Waals surface area contributed by atoms with E-state index in [-0.39, 0.29) is 57.0 Å². The van der Waals surface area contributed by atoms with Gasteiger partial charge in [-0.3, -0.25) is 0 Å². The summed E-state index contributed by atoms with van der Waals surface area (Å²) < 4.78 is 5.77. The van der Waals surface area contributed by atoms with Crippen LogP contribution in [0.4, 0.5) is 0 Å². The van der Waals surface area contributed by atoms with Crippen molar-refractivity contribution in [2.75, 3.05) is 6.61 Å². The minimum absolute atomic E-state index is 0.0195. The molecule has 0 saturated heterocycles. The number of phenols is 2. The van der Waals surface area contributed by atoms with Crippen molar-refractivity contribution in [1.82, 2.24) is 0 Å². The molecule has 45 heavy (non-hydrogen) atoms. The Morgan fingerprint density at radius 2 is 1.64 bits per heavy atom. The molecule has 4 saturated carbocycles. The van der Waals surface area contributed by atoms with Gasteiger partial charge in [-0.2, -0.15) is 0 Å². The van der Waals surface area contributed by atoms with Crippen molar-refractivity contribution in [1.29, 1.82) is 0 Å². The highest BCUT2D eigenvalue weighted by Gasteiger charge is 2.70. The summed E-state index contributed by atoms with van der Waals surface area (Å²) in [5.41, 5.74) is 0.666. The first-order valence-electron chi connectivity index (χ1n) is 17.0. The molecule has 7 heteroatoms. The molecule has 0 unspecified atom stereocenters. The number of rotatable bonds is 4. The number of ether oxygens (including phenoxy) is 1. The van der Waals surface area contributed by atoms with Crippen molar-refractivity contribution >= 4 is 12.0 Å². The van der Waals surface area contributed by atoms with Gasteiger partial charge in [-0.25, -0.2) is 4.79 Å². The second-order valence-electron chi connectivity index (χ2n) is 17.3. The third-order valence-electron chi connectivity index (χ3n) is 14.3. The third kappa shape index (κ3) is 4.81. The fourth-order valence-corrected chi connectivity index (χ4v) is 11.7. The summed E-state index contributed by atoms with van der Waals surface area (Å²) in [4.78, 5) is 12.8. The molecule has 1 aromatic rings. The average molecular weight is 623 g/mol. The lowest BCUT2D eigenvalue weighted by Crippen LogP contribution is -2.68. The number of aromatic hydroxyl groups is 2. The molecule has 248 valence electrons. The van der Waals surface area contributed by atoms with Gasteiger partial charge in [0.1, 0.15) is 0 Å². The molecule has 6 rings (SSSR count). The normalized spacial score (nSPS) is 45.4. The SMILES string of the molecule is CC1(C)CC[C@@]2(CC[C@]3(C)C(=CC[C@@H]4[C@@]5(C)C[C@@H](O)[C@H](O)[C@@](C)(COC(=O)/C=C/c6ccc(O)c(O)c6)[C@@H]5CC[C@]43C)[C@H]2O)C1. The maximum Gasteiger partial charge on any atom is 0.330 e. The lowest BCUT2D eigenvalue weighted by atomic mass is 9.34. The lowest BCUT2D eigenvalue weighted by molar-refractivity contribution is -0.245. The number of phenolic OH excluding ortho intramolecular Hbond substituents is 2. The molecule has 5 aliphatic rings. The largest absolute Gasteiger partial charge is 0.504 e. The van der Waals surface area contributed by atoms with Gasteiger partial charge in [-0.1, -0.05) is 53.7 Å². The first kappa shape index (κ1) is 32.6. The number of benzene rings is 1. The van der Waals surface area contributed by atoms with E-state index in [1.165, 1.54) is 29.9 Å². The van der Waals surface area contributed by atoms with Crippen molar-refractivity contribution in [3.63, 3.8) is 0 Å². The van der Waals surface area contributed by atoms with E-state index < -0.39 is 29.7 Å². The molecule has 0 aliphatic heterocycles. The predicted octanol–water partition coefficient (Wildman–Crippen LogP) is 6.51. The van der Waals surface area contributed by atoms with Crippen LogP contribution in [0.5, 0.6) is 11.5 Å². The molecule has 0 heterocycles. The fraction of sp³-hybridized carbons (Fsp3) is 0.711. The number of carbonyl (C=O) groups is 1. The minimum Gasteiger partial charge on any atom is -0.504 e. The Kier molecular flexibility index (Phi) is 7.66. The van der Waals surface area contributed by atoms with Crippen LogP contribution in [0, 0.1) is 44.3 Å². The van der Waals surface area contributed by atoms with Crippen molar-refractivity contribution in [2.45, 2.75) is 118 Å². The van der Waals surface area contributed by atoms with Gasteiger partial charge < -0.3 is 30.3 Å². The Labute approximate surface area is 268 Å². The van der Waals surface area contributed by atoms with Crippen LogP contribution in [-0.4, -0.2) is 56.4 Å². The second-order valence-corrected chi connectivity index (χ2v) is 17.3. The highest BCUT2D eigenvalue weighted by atomic mass is 16.5. The van der Waals surface area contributed by atoms with Crippen LogP contribution in [0.15, 0.2) is 35.9 Å². The fourth-order valence-electron chi connectivity index (χ4n) is 11.7. The van der Waals surface area contributed by atoms with E-state index >= 15 is 0 Å². The lowest BCUT2D eigenvalue weighted by Gasteiger charge is -2.70. The van der Waals surface area contributed by atoms with Crippen molar-refractivity contribution in [3.05, 3.63) is 41.5 Å². The predicted molar refractivity (Wildman–Crippen MR) is 173 cm³/mol. The number of aliphatic hydroxyl groups excluding tert-OH is 3. The van der Waals surface area contributed by atoms with Crippen molar-refractivity contribution < 1.29 is 35.1 Å². The molecule has 0 radical (unpaired) electrons. The Balaban J connectivity index is 1.25. The average Bonchev–Trinajstić information content (AvgIpc) is 3.29. The smallest absolute Gasteiger partial charge is 0.330 e. The molecular formula is C38H54O7. The third-order valence-corrected chi connectivity index (χ3v) is 14.3. The molecule has 7 nitrogen and oxygen atoms in total. The van der Waals surface area contributed by atoms with Crippen molar-refractivity contribution in [3.8, 4) is 11.5 Å². The molecule has 0 amide bonds. The number of aliphatic hydroxyl groups is 3. The molecule has 10 atom stereocenters. The van der Waals surface area contributed by atoms with E-state index in [1.807, 2.05) is 6.92 Å². The topological polar surface area (TPSA) is 127 Å². The summed E-state index contributed by atoms with van der Waals surface area (Å²) in [6.07, 6.45) is 11.3. The van der Waals surface area contributed by atoms with Gasteiger partial charge in [-0.05, 0) is 121 Å². The molecule has 5 N–H and O–H groups in total. The minimum atomic E-state index is -1.03. The van der Waals surface area contributed by atoms with Gasteiger partial charge in [-0.15, -0.1) is 0 Å². The van der Waals surface area contributed by atoms with Gasteiger partial charge >= 0.3 is 5.97 Å². The highest BCUT2D eigenvalue weighted by Crippen LogP contribution is 2.74. The number of fused-ring (bicyclic) bond motifs is 5. The molecular weight excluding hydrogens is 568 g/mol. The number of carbonyl (C=O) groups excluding carboxylic acids is 1. The first-order valence-corrected chi connectivity index (χ1v) is 17.0. The zero-order valence-electron chi connectivity index (χ0n) is 28.0. The first-order chi connectivity index (χ1) is 20.9. The van der Waals surface area contributed by atoms with Crippen LogP contribution in [0.2, 0.25) is 0 Å². The van der Waals surface area contributed by atoms with Crippen molar-refractivity contribution in [2.24, 2.45) is 44.3 Å². The Hall–Kier alpha value is -2.35. The summed E-state index contributed by atoms with van der Waals surface area (Å²) in [5, 5.41) is 54.2. The van der Waals surface area contributed by atoms with E-state index in [1.54, 1.807) is 6.07 Å². The van der Waals surface area contributed by atoms with Crippen LogP contribution < -0.4 is 0 Å². The Morgan fingerprint density at radius 1 is 0.933 bits per heavy atom. The van der Waals surface area contributed by atoms with E-state index in [0.717, 1.165) is 51.4 Å². The number of allylic oxidation sites excluding steroid dienone is 1. The summed E-state index contributed by atoms with van der Waals surface area (Å²) in [6.45, 7) is 13.7. The Bertz CT molecular complexity index is 1410. The van der Waals surface area contributed by atoms with Crippen LogP contribution in [0.1, 0.15) is 105 Å². The summed E-state index contributed by atoms with van der Waals surface area (Å²) in [5.74, 6) is -0.806. The highest BCUT2D eigenvalue weighted by molar-refractivity contribution is 5.87. The van der Waals surface area contributed by atoms with Gasteiger partial charge in [0.15, 0.2) is 11.5 Å². The zero-order valence-corrected chi connectivity index (χ0v) is 28.0. The summed E-state index contributed by atoms with van der Waals surface area (Å²) >= 11 is 0. The van der Waals surface area contributed by atoms with Gasteiger partial charge in [0, 0.05) is 16.9 Å². The zero-order chi connectivity index (χ0) is 32.8. The van der Waals surface area contributed by atoms with Gasteiger partial charge in [0.25, 0.3) is 0 Å². The maximum atomic E-state index is 12.8. The molecule has 0 bridgehead atoms. The Morgan fingerprint density at radius 3 is 2.31 bits per heavy atom. The monoisotopic (exact) mass is 622 g/mol. The van der Waals surface area contributed by atoms with E-state index in [0.29, 0.717) is 12.0 Å². The quantitative estimate of drug-likeness (QED) is 0.112.